The maximum Gasteiger partial charge on any atom is 0.156 e. The van der Waals surface area contributed by atoms with Gasteiger partial charge in [-0.25, -0.2) is 9.97 Å². The van der Waals surface area contributed by atoms with Crippen molar-refractivity contribution in [2.45, 2.75) is 12.5 Å². The molecule has 2 heterocycles. The minimum atomic E-state index is 0.288. The smallest absolute Gasteiger partial charge is 0.156 e. The molecule has 1 fully saturated rings. The van der Waals surface area contributed by atoms with E-state index in [0.717, 1.165) is 25.3 Å². The summed E-state index contributed by atoms with van der Waals surface area (Å²) in [6.45, 7) is 1.97. The first kappa shape index (κ1) is 7.49. The quantitative estimate of drug-likeness (QED) is 0.681. The monoisotopic (exact) mass is 165 g/mol. The molecule has 2 rings (SSSR count). The van der Waals surface area contributed by atoms with Crippen molar-refractivity contribution in [3.63, 3.8) is 0 Å². The minimum absolute atomic E-state index is 0.288. The molecule has 0 aliphatic carbocycles. The summed E-state index contributed by atoms with van der Waals surface area (Å²) in [7, 11) is 0. The first-order chi connectivity index (χ1) is 5.95. The predicted octanol–water partition coefficient (Wildman–Crippen LogP) is 0.217. The van der Waals surface area contributed by atoms with E-state index in [-0.39, 0.29) is 6.10 Å². The molecular formula is C8H11N3O. The standard InChI is InChI=1S/C8H11N3O/c1-2-9-3-7(1)12-8-4-10-6-11-5-8/h4-7,9H,1-3H2/t7-/m1/s1. The van der Waals surface area contributed by atoms with Crippen molar-refractivity contribution in [1.82, 2.24) is 15.3 Å². The van der Waals surface area contributed by atoms with E-state index in [1.54, 1.807) is 12.4 Å². The van der Waals surface area contributed by atoms with Crippen molar-refractivity contribution >= 4 is 0 Å². The van der Waals surface area contributed by atoms with Crippen molar-refractivity contribution in [2.24, 2.45) is 0 Å². The van der Waals surface area contributed by atoms with E-state index in [4.69, 9.17) is 4.74 Å². The molecule has 0 radical (unpaired) electrons. The summed E-state index contributed by atoms with van der Waals surface area (Å²) in [4.78, 5) is 7.74. The highest BCUT2D eigenvalue weighted by molar-refractivity contribution is 5.10. The van der Waals surface area contributed by atoms with Crippen molar-refractivity contribution in [1.29, 1.82) is 0 Å². The van der Waals surface area contributed by atoms with Crippen LogP contribution in [0.4, 0.5) is 0 Å². The Morgan fingerprint density at radius 3 is 2.92 bits per heavy atom. The first-order valence-corrected chi connectivity index (χ1v) is 4.07. The molecule has 64 valence electrons. The van der Waals surface area contributed by atoms with Crippen LogP contribution in [0.1, 0.15) is 6.42 Å². The number of nitrogens with zero attached hydrogens (tertiary/aromatic N) is 2. The Hall–Kier alpha value is -1.16. The molecule has 0 bridgehead atoms. The second-order valence-electron chi connectivity index (χ2n) is 2.81. The van der Waals surface area contributed by atoms with Crippen LogP contribution in [0.5, 0.6) is 5.75 Å². The molecule has 1 N–H and O–H groups in total. The van der Waals surface area contributed by atoms with Gasteiger partial charge in [0.05, 0.1) is 12.4 Å². The number of nitrogens with one attached hydrogen (secondary N) is 1. The van der Waals surface area contributed by atoms with Crippen LogP contribution in [0.25, 0.3) is 0 Å². The van der Waals surface area contributed by atoms with Gasteiger partial charge in [-0.2, -0.15) is 0 Å². The second-order valence-corrected chi connectivity index (χ2v) is 2.81. The number of hydrogen-bond acceptors (Lipinski definition) is 4. The van der Waals surface area contributed by atoms with Crippen LogP contribution in [0.3, 0.4) is 0 Å². The number of aromatic nitrogens is 2. The van der Waals surface area contributed by atoms with E-state index in [0.29, 0.717) is 0 Å². The van der Waals surface area contributed by atoms with Gasteiger partial charge in [0.2, 0.25) is 0 Å². The van der Waals surface area contributed by atoms with Gasteiger partial charge in [-0.3, -0.25) is 0 Å². The molecular weight excluding hydrogens is 154 g/mol. The van der Waals surface area contributed by atoms with Crippen LogP contribution in [0, 0.1) is 0 Å². The molecule has 1 aliphatic heterocycles. The maximum atomic E-state index is 5.59. The van der Waals surface area contributed by atoms with Crippen molar-refractivity contribution in [3.8, 4) is 5.75 Å². The van der Waals surface area contributed by atoms with Crippen LogP contribution >= 0.6 is 0 Å². The summed E-state index contributed by atoms with van der Waals surface area (Å²) < 4.78 is 5.59. The van der Waals surface area contributed by atoms with Gasteiger partial charge in [0.15, 0.2) is 5.75 Å². The van der Waals surface area contributed by atoms with Gasteiger partial charge in [0.1, 0.15) is 12.4 Å². The summed E-state index contributed by atoms with van der Waals surface area (Å²) in [6.07, 6.45) is 6.22. The molecule has 1 aromatic heterocycles. The van der Waals surface area contributed by atoms with E-state index in [1.165, 1.54) is 6.33 Å². The number of ether oxygens (including phenoxy) is 1. The second kappa shape index (κ2) is 3.49. The Labute approximate surface area is 71.0 Å². The fraction of sp³-hybridized carbons (Fsp3) is 0.500. The lowest BCUT2D eigenvalue weighted by atomic mass is 10.3. The van der Waals surface area contributed by atoms with E-state index < -0.39 is 0 Å². The predicted molar refractivity (Wildman–Crippen MR) is 43.9 cm³/mol. The van der Waals surface area contributed by atoms with Gasteiger partial charge in [0.25, 0.3) is 0 Å². The van der Waals surface area contributed by atoms with Crippen LogP contribution in [0.15, 0.2) is 18.7 Å². The normalized spacial score (nSPS) is 22.5. The van der Waals surface area contributed by atoms with E-state index in [9.17, 15) is 0 Å². The zero-order valence-corrected chi connectivity index (χ0v) is 6.73. The van der Waals surface area contributed by atoms with E-state index in [1.807, 2.05) is 0 Å². The van der Waals surface area contributed by atoms with Crippen LogP contribution < -0.4 is 10.1 Å². The molecule has 12 heavy (non-hydrogen) atoms. The summed E-state index contributed by atoms with van der Waals surface area (Å²) >= 11 is 0. The Balaban J connectivity index is 1.94. The number of hydrogen-bond donors (Lipinski definition) is 1. The molecule has 0 saturated carbocycles. The highest BCUT2D eigenvalue weighted by atomic mass is 16.5. The molecule has 0 unspecified atom stereocenters. The first-order valence-electron chi connectivity index (χ1n) is 4.07. The molecule has 1 aromatic rings. The van der Waals surface area contributed by atoms with Gasteiger partial charge in [-0.15, -0.1) is 0 Å². The molecule has 1 atom stereocenters. The zero-order chi connectivity index (χ0) is 8.23. The molecule has 1 aliphatic rings. The van der Waals surface area contributed by atoms with E-state index in [2.05, 4.69) is 15.3 Å². The lowest BCUT2D eigenvalue weighted by Gasteiger charge is -2.10. The third kappa shape index (κ3) is 1.71. The molecule has 0 aromatic carbocycles. The topological polar surface area (TPSA) is 47.0 Å². The molecule has 0 spiro atoms. The fourth-order valence-corrected chi connectivity index (χ4v) is 1.27. The maximum absolute atomic E-state index is 5.59. The van der Waals surface area contributed by atoms with Gasteiger partial charge < -0.3 is 10.1 Å². The van der Waals surface area contributed by atoms with Gasteiger partial charge in [-0.05, 0) is 13.0 Å². The van der Waals surface area contributed by atoms with Crippen LogP contribution in [-0.2, 0) is 0 Å². The third-order valence-corrected chi connectivity index (χ3v) is 1.85. The minimum Gasteiger partial charge on any atom is -0.486 e. The van der Waals surface area contributed by atoms with E-state index >= 15 is 0 Å². The largest absolute Gasteiger partial charge is 0.486 e. The van der Waals surface area contributed by atoms with Gasteiger partial charge in [-0.1, -0.05) is 0 Å². The van der Waals surface area contributed by atoms with Gasteiger partial charge in [0, 0.05) is 6.54 Å². The average Bonchev–Trinajstić information content (AvgIpc) is 2.59. The van der Waals surface area contributed by atoms with Crippen molar-refractivity contribution in [3.05, 3.63) is 18.7 Å². The average molecular weight is 165 g/mol. The zero-order valence-electron chi connectivity index (χ0n) is 6.73. The third-order valence-electron chi connectivity index (χ3n) is 1.85. The lowest BCUT2D eigenvalue weighted by Crippen LogP contribution is -2.19. The SMILES string of the molecule is c1ncc(O[C@@H]2CCNC2)cn1. The molecule has 4 heteroatoms. The van der Waals surface area contributed by atoms with Crippen LogP contribution in [-0.4, -0.2) is 29.2 Å². The highest BCUT2D eigenvalue weighted by Gasteiger charge is 2.15. The molecule has 1 saturated heterocycles. The van der Waals surface area contributed by atoms with Crippen LogP contribution in [0.2, 0.25) is 0 Å². The highest BCUT2D eigenvalue weighted by Crippen LogP contribution is 2.10. The molecule has 4 nitrogen and oxygen atoms in total. The van der Waals surface area contributed by atoms with Crippen molar-refractivity contribution < 1.29 is 4.74 Å². The fourth-order valence-electron chi connectivity index (χ4n) is 1.27. The Bertz CT molecular complexity index is 233. The summed E-state index contributed by atoms with van der Waals surface area (Å²) in [5.41, 5.74) is 0. The number of rotatable bonds is 2. The van der Waals surface area contributed by atoms with Gasteiger partial charge >= 0.3 is 0 Å². The Morgan fingerprint density at radius 1 is 1.42 bits per heavy atom. The summed E-state index contributed by atoms with van der Waals surface area (Å²) in [6, 6.07) is 0. The Morgan fingerprint density at radius 2 is 2.25 bits per heavy atom. The Kier molecular flexibility index (Phi) is 2.18. The van der Waals surface area contributed by atoms with Crippen molar-refractivity contribution in [2.75, 3.05) is 13.1 Å². The molecule has 0 amide bonds. The lowest BCUT2D eigenvalue weighted by molar-refractivity contribution is 0.221. The summed E-state index contributed by atoms with van der Waals surface area (Å²) in [5, 5.41) is 3.23. The summed E-state index contributed by atoms with van der Waals surface area (Å²) in [5.74, 6) is 0.756.